The van der Waals surface area contributed by atoms with Crippen molar-refractivity contribution in [2.24, 2.45) is 0 Å². The quantitative estimate of drug-likeness (QED) is 0.640. The van der Waals surface area contributed by atoms with Crippen LogP contribution in [0.1, 0.15) is 16.1 Å². The van der Waals surface area contributed by atoms with Crippen LogP contribution in [0.25, 0.3) is 5.69 Å². The van der Waals surface area contributed by atoms with E-state index in [4.69, 9.17) is 0 Å². The number of rotatable bonds is 4. The van der Waals surface area contributed by atoms with Crippen molar-refractivity contribution in [1.82, 2.24) is 19.0 Å². The summed E-state index contributed by atoms with van der Waals surface area (Å²) in [5.41, 5.74) is 1.75. The average molecular weight is 428 g/mol. The van der Waals surface area contributed by atoms with E-state index in [1.165, 1.54) is 22.6 Å². The lowest BCUT2D eigenvalue weighted by atomic mass is 10.2. The van der Waals surface area contributed by atoms with Gasteiger partial charge in [0.2, 0.25) is 10.0 Å². The molecule has 0 spiro atoms. The second-order valence-corrected chi connectivity index (χ2v) is 8.98. The summed E-state index contributed by atoms with van der Waals surface area (Å²) in [6, 6.07) is 14.1. The van der Waals surface area contributed by atoms with Crippen LogP contribution in [0.5, 0.6) is 0 Å². The van der Waals surface area contributed by atoms with E-state index in [0.29, 0.717) is 30.0 Å². The van der Waals surface area contributed by atoms with E-state index in [-0.39, 0.29) is 29.7 Å². The van der Waals surface area contributed by atoms with Crippen LogP contribution in [0.4, 0.5) is 4.39 Å². The lowest BCUT2D eigenvalue weighted by Gasteiger charge is -2.34. The molecule has 2 aromatic carbocycles. The fraction of sp³-hybridized carbons (Fsp3) is 0.238. The zero-order chi connectivity index (χ0) is 21.3. The van der Waals surface area contributed by atoms with Crippen LogP contribution in [0, 0.1) is 12.7 Å². The summed E-state index contributed by atoms with van der Waals surface area (Å²) in [6.45, 7) is 2.83. The number of hydrogen-bond donors (Lipinski definition) is 0. The third kappa shape index (κ3) is 3.73. The van der Waals surface area contributed by atoms with Crippen LogP contribution in [0.15, 0.2) is 65.7 Å². The minimum atomic E-state index is -3.57. The Labute approximate surface area is 174 Å². The molecule has 0 atom stereocenters. The number of carbonyl (C=O) groups is 1. The predicted molar refractivity (Wildman–Crippen MR) is 109 cm³/mol. The molecule has 1 aliphatic heterocycles. The number of aromatic nitrogens is 2. The van der Waals surface area contributed by atoms with Gasteiger partial charge in [-0.2, -0.15) is 9.40 Å². The summed E-state index contributed by atoms with van der Waals surface area (Å²) in [5.74, 6) is -0.541. The monoisotopic (exact) mass is 428 g/mol. The zero-order valence-electron chi connectivity index (χ0n) is 16.4. The molecule has 0 unspecified atom stereocenters. The highest BCUT2D eigenvalue weighted by molar-refractivity contribution is 7.89. The van der Waals surface area contributed by atoms with E-state index in [1.807, 2.05) is 0 Å². The second kappa shape index (κ2) is 8.00. The van der Waals surface area contributed by atoms with Crippen molar-refractivity contribution in [3.05, 3.63) is 77.9 Å². The fourth-order valence-electron chi connectivity index (χ4n) is 3.51. The van der Waals surface area contributed by atoms with Gasteiger partial charge < -0.3 is 4.90 Å². The third-order valence-electron chi connectivity index (χ3n) is 5.22. The van der Waals surface area contributed by atoms with E-state index < -0.39 is 10.0 Å². The van der Waals surface area contributed by atoms with Crippen LogP contribution in [-0.2, 0) is 10.0 Å². The van der Waals surface area contributed by atoms with Gasteiger partial charge in [-0.05, 0) is 43.3 Å². The molecular formula is C21H21FN4O3S. The van der Waals surface area contributed by atoms with Gasteiger partial charge in [-0.1, -0.05) is 18.2 Å². The number of benzene rings is 2. The van der Waals surface area contributed by atoms with Gasteiger partial charge in [0.25, 0.3) is 5.91 Å². The Kier molecular flexibility index (Phi) is 5.40. The molecule has 9 heteroatoms. The molecule has 0 saturated carbocycles. The highest BCUT2D eigenvalue weighted by Crippen LogP contribution is 2.20. The van der Waals surface area contributed by atoms with Crippen LogP contribution in [0.3, 0.4) is 0 Å². The predicted octanol–water partition coefficient (Wildman–Crippen LogP) is 2.47. The highest BCUT2D eigenvalue weighted by atomic mass is 32.2. The number of amides is 1. The van der Waals surface area contributed by atoms with Gasteiger partial charge >= 0.3 is 0 Å². The standard InChI is InChI=1S/C21H21FN4O3S/c1-16-20(15-23-26(16)18-9-7-17(22)8-10-18)21(27)24-11-13-25(14-12-24)30(28,29)19-5-3-2-4-6-19/h2-10,15H,11-14H2,1H3. The Morgan fingerprint density at radius 1 is 0.967 bits per heavy atom. The van der Waals surface area contributed by atoms with Crippen LogP contribution in [0.2, 0.25) is 0 Å². The summed E-state index contributed by atoms with van der Waals surface area (Å²) in [4.78, 5) is 14.9. The molecule has 3 aromatic rings. The SMILES string of the molecule is Cc1c(C(=O)N2CCN(S(=O)(=O)c3ccccc3)CC2)cnn1-c1ccc(F)cc1. The molecule has 2 heterocycles. The van der Waals surface area contributed by atoms with Gasteiger partial charge in [0.1, 0.15) is 5.82 Å². The molecule has 0 N–H and O–H groups in total. The van der Waals surface area contributed by atoms with E-state index in [9.17, 15) is 17.6 Å². The molecule has 30 heavy (non-hydrogen) atoms. The second-order valence-electron chi connectivity index (χ2n) is 7.04. The number of sulfonamides is 1. The van der Waals surface area contributed by atoms with Crippen LogP contribution < -0.4 is 0 Å². The normalized spacial score (nSPS) is 15.3. The summed E-state index contributed by atoms with van der Waals surface area (Å²) in [5, 5.41) is 4.27. The van der Waals surface area contributed by atoms with Crippen molar-refractivity contribution in [1.29, 1.82) is 0 Å². The van der Waals surface area contributed by atoms with E-state index in [0.717, 1.165) is 0 Å². The molecule has 7 nitrogen and oxygen atoms in total. The van der Waals surface area contributed by atoms with Gasteiger partial charge in [-0.25, -0.2) is 17.5 Å². The number of halogens is 1. The molecule has 1 saturated heterocycles. The van der Waals surface area contributed by atoms with E-state index in [1.54, 1.807) is 59.0 Å². The summed E-state index contributed by atoms with van der Waals surface area (Å²) in [7, 11) is -3.57. The molecule has 156 valence electrons. The first-order chi connectivity index (χ1) is 14.4. The third-order valence-corrected chi connectivity index (χ3v) is 7.13. The van der Waals surface area contributed by atoms with Crippen LogP contribution >= 0.6 is 0 Å². The van der Waals surface area contributed by atoms with Gasteiger partial charge in [0.05, 0.1) is 28.0 Å². The van der Waals surface area contributed by atoms with Gasteiger partial charge in [0.15, 0.2) is 0 Å². The Balaban J connectivity index is 1.47. The maximum atomic E-state index is 13.2. The molecule has 0 aliphatic carbocycles. The lowest BCUT2D eigenvalue weighted by Crippen LogP contribution is -2.50. The fourth-order valence-corrected chi connectivity index (χ4v) is 4.95. The first-order valence-electron chi connectivity index (χ1n) is 9.53. The maximum Gasteiger partial charge on any atom is 0.257 e. The minimum Gasteiger partial charge on any atom is -0.336 e. The van der Waals surface area contributed by atoms with Gasteiger partial charge in [0, 0.05) is 26.2 Å². The average Bonchev–Trinajstić information content (AvgIpc) is 3.16. The van der Waals surface area contributed by atoms with Gasteiger partial charge in [-0.3, -0.25) is 4.79 Å². The Morgan fingerprint density at radius 2 is 1.60 bits per heavy atom. The minimum absolute atomic E-state index is 0.197. The van der Waals surface area contributed by atoms with Crippen molar-refractivity contribution in [3.63, 3.8) is 0 Å². The Hall–Kier alpha value is -3.04. The van der Waals surface area contributed by atoms with Crippen LogP contribution in [-0.4, -0.2) is 59.5 Å². The largest absolute Gasteiger partial charge is 0.336 e. The Morgan fingerprint density at radius 3 is 2.23 bits per heavy atom. The van der Waals surface area contributed by atoms with Crippen molar-refractivity contribution in [2.45, 2.75) is 11.8 Å². The molecule has 1 fully saturated rings. The first kappa shape index (κ1) is 20.2. The molecule has 4 rings (SSSR count). The lowest BCUT2D eigenvalue weighted by molar-refractivity contribution is 0.0697. The number of nitrogens with zero attached hydrogens (tertiary/aromatic N) is 4. The highest BCUT2D eigenvalue weighted by Gasteiger charge is 2.31. The first-order valence-corrected chi connectivity index (χ1v) is 11.0. The maximum absolute atomic E-state index is 13.2. The Bertz CT molecular complexity index is 1150. The molecule has 1 aliphatic rings. The molecule has 0 radical (unpaired) electrons. The molecule has 1 aromatic heterocycles. The van der Waals surface area contributed by atoms with E-state index in [2.05, 4.69) is 5.10 Å². The molecular weight excluding hydrogens is 407 g/mol. The number of carbonyl (C=O) groups excluding carboxylic acids is 1. The van der Waals surface area contributed by atoms with Gasteiger partial charge in [-0.15, -0.1) is 0 Å². The van der Waals surface area contributed by atoms with Crippen molar-refractivity contribution in [3.8, 4) is 5.69 Å². The summed E-state index contributed by atoms with van der Waals surface area (Å²) >= 11 is 0. The molecule has 0 bridgehead atoms. The topological polar surface area (TPSA) is 75.5 Å². The summed E-state index contributed by atoms with van der Waals surface area (Å²) < 4.78 is 41.7. The van der Waals surface area contributed by atoms with E-state index >= 15 is 0 Å². The zero-order valence-corrected chi connectivity index (χ0v) is 17.2. The smallest absolute Gasteiger partial charge is 0.257 e. The van der Waals surface area contributed by atoms with Crippen molar-refractivity contribution in [2.75, 3.05) is 26.2 Å². The van der Waals surface area contributed by atoms with Crippen molar-refractivity contribution < 1.29 is 17.6 Å². The number of piperazine rings is 1. The molecule has 1 amide bonds. The van der Waals surface area contributed by atoms with Crippen molar-refractivity contribution >= 4 is 15.9 Å². The number of hydrogen-bond acceptors (Lipinski definition) is 4. The summed E-state index contributed by atoms with van der Waals surface area (Å²) in [6.07, 6.45) is 1.49.